The molecule has 34 heavy (non-hydrogen) atoms. The van der Waals surface area contributed by atoms with E-state index in [4.69, 9.17) is 14.8 Å². The van der Waals surface area contributed by atoms with Crippen molar-refractivity contribution in [2.24, 2.45) is 5.10 Å². The number of benzene rings is 1. The van der Waals surface area contributed by atoms with Crippen LogP contribution in [-0.2, 0) is 6.54 Å². The number of methoxy groups -OCH3 is 1. The maximum atomic E-state index is 13.7. The molecule has 0 atom stereocenters. The number of carbonyl (C=O) groups is 1. The summed E-state index contributed by atoms with van der Waals surface area (Å²) in [5, 5.41) is 16.6. The smallest absolute Gasteiger partial charge is 0.332 e. The number of rotatable bonds is 4. The summed E-state index contributed by atoms with van der Waals surface area (Å²) < 4.78 is 5.28. The number of aliphatic hydroxyl groups is 1. The average Bonchev–Trinajstić information content (AvgIpc) is 3.29. The summed E-state index contributed by atoms with van der Waals surface area (Å²) in [6, 6.07) is 9.70. The van der Waals surface area contributed by atoms with Gasteiger partial charge in [0.05, 0.1) is 42.9 Å². The highest BCUT2D eigenvalue weighted by atomic mass is 16.5. The number of fused-ring (bicyclic) bond motifs is 3. The number of hydrogen-bond donors (Lipinski definition) is 1. The third-order valence-corrected chi connectivity index (χ3v) is 6.67. The van der Waals surface area contributed by atoms with Gasteiger partial charge in [0.1, 0.15) is 18.1 Å². The van der Waals surface area contributed by atoms with E-state index >= 15 is 0 Å². The fourth-order valence-electron chi connectivity index (χ4n) is 4.52. The monoisotopic (exact) mass is 464 g/mol. The number of aliphatic hydroxyl groups excluding tert-OH is 1. The van der Waals surface area contributed by atoms with E-state index in [1.54, 1.807) is 16.9 Å². The Kier molecular flexibility index (Phi) is 5.59. The van der Waals surface area contributed by atoms with Gasteiger partial charge in [-0.25, -0.2) is 9.78 Å². The highest BCUT2D eigenvalue weighted by Crippen LogP contribution is 2.36. The first-order valence-corrected chi connectivity index (χ1v) is 11.8. The van der Waals surface area contributed by atoms with E-state index in [2.05, 4.69) is 25.7 Å². The molecule has 2 aromatic rings. The lowest BCUT2D eigenvalue weighted by atomic mass is 10.1. The number of hydrazone groups is 1. The van der Waals surface area contributed by atoms with Crippen LogP contribution in [0.25, 0.3) is 0 Å². The molecular formula is C25H32N6O3. The molecule has 0 bridgehead atoms. The predicted molar refractivity (Wildman–Crippen MR) is 131 cm³/mol. The van der Waals surface area contributed by atoms with Crippen molar-refractivity contribution in [3.63, 3.8) is 0 Å². The van der Waals surface area contributed by atoms with E-state index in [0.29, 0.717) is 24.7 Å². The predicted octanol–water partition coefficient (Wildman–Crippen LogP) is 3.23. The van der Waals surface area contributed by atoms with Crippen molar-refractivity contribution >= 4 is 23.2 Å². The molecule has 2 amide bonds. The van der Waals surface area contributed by atoms with Gasteiger partial charge in [-0.15, -0.1) is 0 Å². The van der Waals surface area contributed by atoms with Gasteiger partial charge in [0.25, 0.3) is 0 Å². The maximum Gasteiger partial charge on any atom is 0.332 e. The summed E-state index contributed by atoms with van der Waals surface area (Å²) in [5.41, 5.74) is 3.20. The Hall–Kier alpha value is -3.33. The van der Waals surface area contributed by atoms with Crippen LogP contribution in [0.2, 0.25) is 0 Å². The van der Waals surface area contributed by atoms with Crippen molar-refractivity contribution in [2.75, 3.05) is 36.7 Å². The summed E-state index contributed by atoms with van der Waals surface area (Å²) in [6.07, 6.45) is 3.07. The summed E-state index contributed by atoms with van der Waals surface area (Å²) in [7, 11) is 1.64. The SMILES string of the molecule is COc1ccc(CN2C(=O)N3CN(C(C)(C)C)N=C3c3ncc(N4CCC(O)CC4)cc32)cc1. The van der Waals surface area contributed by atoms with Gasteiger partial charge < -0.3 is 14.7 Å². The second-order valence-electron chi connectivity index (χ2n) is 10.1. The van der Waals surface area contributed by atoms with Crippen LogP contribution in [-0.4, -0.2) is 70.4 Å². The number of amides is 2. The van der Waals surface area contributed by atoms with Crippen LogP contribution in [0.5, 0.6) is 5.75 Å². The van der Waals surface area contributed by atoms with Crippen LogP contribution in [0.3, 0.4) is 0 Å². The zero-order chi connectivity index (χ0) is 24.0. The molecule has 0 saturated carbocycles. The van der Waals surface area contributed by atoms with Gasteiger partial charge in [-0.3, -0.25) is 14.8 Å². The van der Waals surface area contributed by atoms with Crippen molar-refractivity contribution in [3.8, 4) is 5.75 Å². The van der Waals surface area contributed by atoms with Gasteiger partial charge in [0.15, 0.2) is 5.84 Å². The van der Waals surface area contributed by atoms with Gasteiger partial charge in [-0.1, -0.05) is 12.1 Å². The van der Waals surface area contributed by atoms with E-state index in [9.17, 15) is 9.90 Å². The molecule has 4 heterocycles. The zero-order valence-electron chi connectivity index (χ0n) is 20.2. The highest BCUT2D eigenvalue weighted by Gasteiger charge is 2.43. The number of pyridine rings is 1. The highest BCUT2D eigenvalue weighted by molar-refractivity contribution is 6.18. The number of piperidine rings is 1. The Balaban J connectivity index is 1.54. The molecule has 9 nitrogen and oxygen atoms in total. The molecule has 9 heteroatoms. The summed E-state index contributed by atoms with van der Waals surface area (Å²) in [4.78, 5) is 24.3. The van der Waals surface area contributed by atoms with Gasteiger partial charge in [-0.05, 0) is 57.4 Å². The van der Waals surface area contributed by atoms with E-state index < -0.39 is 0 Å². The summed E-state index contributed by atoms with van der Waals surface area (Å²) in [6.45, 7) is 8.58. The van der Waals surface area contributed by atoms with E-state index in [1.165, 1.54) is 0 Å². The minimum absolute atomic E-state index is 0.109. The molecule has 180 valence electrons. The van der Waals surface area contributed by atoms with Crippen LogP contribution >= 0.6 is 0 Å². The first kappa shape index (κ1) is 22.5. The number of aromatic nitrogens is 1. The van der Waals surface area contributed by atoms with E-state index in [0.717, 1.165) is 48.6 Å². The second kappa shape index (κ2) is 8.47. The Morgan fingerprint density at radius 1 is 1.15 bits per heavy atom. The molecule has 0 radical (unpaired) electrons. The van der Waals surface area contributed by atoms with Gasteiger partial charge in [-0.2, -0.15) is 5.10 Å². The molecule has 1 N–H and O–H groups in total. The topological polar surface area (TPSA) is 84.7 Å². The Bertz CT molecular complexity index is 1100. The third kappa shape index (κ3) is 4.04. The molecule has 3 aliphatic heterocycles. The fourth-order valence-corrected chi connectivity index (χ4v) is 4.52. The normalized spacial score (nSPS) is 18.7. The molecule has 1 aromatic carbocycles. The van der Waals surface area contributed by atoms with Gasteiger partial charge >= 0.3 is 6.03 Å². The number of hydrogen-bond acceptors (Lipinski definition) is 7. The van der Waals surface area contributed by atoms with Crippen LogP contribution in [0.4, 0.5) is 16.2 Å². The number of urea groups is 1. The van der Waals surface area contributed by atoms with Crippen LogP contribution in [0.1, 0.15) is 44.9 Å². The van der Waals surface area contributed by atoms with Gasteiger partial charge in [0, 0.05) is 13.1 Å². The minimum Gasteiger partial charge on any atom is -0.497 e. The standard InChI is InChI=1S/C25H32N6O3/c1-25(2,3)31-16-30-23(27-31)22-21(13-18(14-26-22)28-11-9-19(32)10-12-28)29(24(30)33)15-17-5-7-20(34-4)8-6-17/h5-8,13-14,19,32H,9-12,15-16H2,1-4H3. The lowest BCUT2D eigenvalue weighted by Gasteiger charge is -2.37. The van der Waals surface area contributed by atoms with Crippen molar-refractivity contribution in [1.82, 2.24) is 14.9 Å². The molecular weight excluding hydrogens is 432 g/mol. The first-order valence-electron chi connectivity index (χ1n) is 11.8. The fraction of sp³-hybridized carbons (Fsp3) is 0.480. The molecule has 1 fully saturated rings. The van der Waals surface area contributed by atoms with Crippen LogP contribution < -0.4 is 14.5 Å². The average molecular weight is 465 g/mol. The molecule has 3 aliphatic rings. The quantitative estimate of drug-likeness (QED) is 0.748. The number of nitrogens with zero attached hydrogens (tertiary/aromatic N) is 6. The Labute approximate surface area is 200 Å². The molecule has 0 aliphatic carbocycles. The van der Waals surface area contributed by atoms with Crippen LogP contribution in [0, 0.1) is 0 Å². The Morgan fingerprint density at radius 3 is 2.50 bits per heavy atom. The second-order valence-corrected chi connectivity index (χ2v) is 10.1. The molecule has 5 rings (SSSR count). The van der Waals surface area contributed by atoms with E-state index in [1.807, 2.05) is 41.5 Å². The lowest BCUT2D eigenvalue weighted by molar-refractivity contribution is 0.125. The lowest BCUT2D eigenvalue weighted by Crippen LogP contribution is -2.51. The molecule has 0 spiro atoms. The molecule has 1 aromatic heterocycles. The maximum absolute atomic E-state index is 13.7. The number of amidine groups is 1. The molecule has 0 unspecified atom stereocenters. The zero-order valence-corrected chi connectivity index (χ0v) is 20.2. The minimum atomic E-state index is -0.250. The van der Waals surface area contributed by atoms with Crippen LogP contribution in [0.15, 0.2) is 41.6 Å². The summed E-state index contributed by atoms with van der Waals surface area (Å²) >= 11 is 0. The third-order valence-electron chi connectivity index (χ3n) is 6.67. The number of anilines is 2. The van der Waals surface area contributed by atoms with Crippen molar-refractivity contribution in [2.45, 2.75) is 51.8 Å². The number of ether oxygens (including phenoxy) is 1. The Morgan fingerprint density at radius 2 is 1.85 bits per heavy atom. The van der Waals surface area contributed by atoms with Crippen molar-refractivity contribution in [3.05, 3.63) is 47.8 Å². The van der Waals surface area contributed by atoms with E-state index in [-0.39, 0.29) is 17.7 Å². The summed E-state index contributed by atoms with van der Waals surface area (Å²) in [5.74, 6) is 1.38. The number of carbonyl (C=O) groups excluding carboxylic acids is 1. The molecule has 1 saturated heterocycles. The van der Waals surface area contributed by atoms with Crippen molar-refractivity contribution in [1.29, 1.82) is 0 Å². The largest absolute Gasteiger partial charge is 0.497 e. The van der Waals surface area contributed by atoms with Crippen molar-refractivity contribution < 1.29 is 14.6 Å². The van der Waals surface area contributed by atoms with Gasteiger partial charge in [0.2, 0.25) is 0 Å². The first-order chi connectivity index (χ1) is 16.2.